The summed E-state index contributed by atoms with van der Waals surface area (Å²) >= 11 is 0. The van der Waals surface area contributed by atoms with Crippen molar-refractivity contribution < 1.29 is 5.11 Å². The van der Waals surface area contributed by atoms with Gasteiger partial charge in [-0.3, -0.25) is 0 Å². The van der Waals surface area contributed by atoms with Gasteiger partial charge in [-0.2, -0.15) is 0 Å². The van der Waals surface area contributed by atoms with Gasteiger partial charge in [0.05, 0.1) is 6.10 Å². The van der Waals surface area contributed by atoms with Crippen molar-refractivity contribution in [2.45, 2.75) is 59.5 Å². The van der Waals surface area contributed by atoms with Gasteiger partial charge in [0.1, 0.15) is 0 Å². The van der Waals surface area contributed by atoms with Crippen LogP contribution in [0.1, 0.15) is 53.4 Å². The minimum atomic E-state index is -0.0888. The monoisotopic (exact) mass is 172 g/mol. The largest absolute Gasteiger partial charge is 0.393 e. The molecule has 0 aliphatic rings. The summed E-state index contributed by atoms with van der Waals surface area (Å²) in [5.41, 5.74) is 0. The highest BCUT2D eigenvalue weighted by Gasteiger charge is 2.08. The molecule has 1 N–H and O–H groups in total. The number of aliphatic hydroxyl groups excluding tert-OH is 1. The third kappa shape index (κ3) is 5.59. The van der Waals surface area contributed by atoms with Gasteiger partial charge in [-0.25, -0.2) is 0 Å². The molecule has 0 spiro atoms. The fourth-order valence-electron chi connectivity index (χ4n) is 1.21. The summed E-state index contributed by atoms with van der Waals surface area (Å²) in [6.07, 6.45) is 4.59. The van der Waals surface area contributed by atoms with E-state index in [1.807, 2.05) is 0 Å². The van der Waals surface area contributed by atoms with E-state index >= 15 is 0 Å². The van der Waals surface area contributed by atoms with Crippen molar-refractivity contribution in [3.05, 3.63) is 0 Å². The number of hydrogen-bond acceptors (Lipinski definition) is 1. The van der Waals surface area contributed by atoms with Crippen LogP contribution in [0.3, 0.4) is 0 Å². The van der Waals surface area contributed by atoms with Crippen LogP contribution in [0.25, 0.3) is 0 Å². The Bertz CT molecular complexity index is 99.2. The summed E-state index contributed by atoms with van der Waals surface area (Å²) in [5, 5.41) is 9.51. The van der Waals surface area contributed by atoms with Gasteiger partial charge in [0.15, 0.2) is 0 Å². The predicted molar refractivity (Wildman–Crippen MR) is 54.2 cm³/mol. The van der Waals surface area contributed by atoms with Crippen molar-refractivity contribution in [1.82, 2.24) is 0 Å². The first-order valence-electron chi connectivity index (χ1n) is 5.26. The highest BCUT2D eigenvalue weighted by atomic mass is 16.3. The predicted octanol–water partition coefficient (Wildman–Crippen LogP) is 3.22. The second-order valence-electron chi connectivity index (χ2n) is 4.26. The van der Waals surface area contributed by atoms with Crippen molar-refractivity contribution in [2.24, 2.45) is 11.8 Å². The molecule has 0 bridgehead atoms. The Labute approximate surface area is 77.2 Å². The minimum Gasteiger partial charge on any atom is -0.393 e. The van der Waals surface area contributed by atoms with Gasteiger partial charge < -0.3 is 5.11 Å². The summed E-state index contributed by atoms with van der Waals surface area (Å²) in [6.45, 7) is 8.66. The van der Waals surface area contributed by atoms with E-state index in [-0.39, 0.29) is 6.10 Å². The van der Waals surface area contributed by atoms with Crippen LogP contribution in [-0.4, -0.2) is 11.2 Å². The van der Waals surface area contributed by atoms with Crippen molar-refractivity contribution in [1.29, 1.82) is 0 Å². The van der Waals surface area contributed by atoms with Crippen LogP contribution < -0.4 is 0 Å². The molecule has 0 aromatic rings. The maximum atomic E-state index is 9.51. The molecule has 0 rings (SSSR count). The molecule has 0 amide bonds. The van der Waals surface area contributed by atoms with Gasteiger partial charge >= 0.3 is 0 Å². The lowest BCUT2D eigenvalue weighted by Crippen LogP contribution is -2.14. The molecular formula is C11H24O. The molecule has 0 saturated heterocycles. The van der Waals surface area contributed by atoms with Crippen molar-refractivity contribution in [2.75, 3.05) is 0 Å². The second kappa shape index (κ2) is 6.47. The molecule has 0 fully saturated rings. The van der Waals surface area contributed by atoms with Gasteiger partial charge in [-0.05, 0) is 18.3 Å². The lowest BCUT2D eigenvalue weighted by molar-refractivity contribution is 0.112. The SMILES string of the molecule is CCC(C)CCCC(O)C(C)C. The Hall–Kier alpha value is -0.0400. The van der Waals surface area contributed by atoms with Gasteiger partial charge in [0, 0.05) is 0 Å². The average molecular weight is 172 g/mol. The zero-order chi connectivity index (χ0) is 9.56. The van der Waals surface area contributed by atoms with Gasteiger partial charge in [0.25, 0.3) is 0 Å². The highest BCUT2D eigenvalue weighted by molar-refractivity contribution is 4.61. The van der Waals surface area contributed by atoms with Gasteiger partial charge in [0.2, 0.25) is 0 Å². The van der Waals surface area contributed by atoms with Crippen LogP contribution in [0, 0.1) is 11.8 Å². The quantitative estimate of drug-likeness (QED) is 0.652. The highest BCUT2D eigenvalue weighted by Crippen LogP contribution is 2.15. The Morgan fingerprint density at radius 2 is 1.67 bits per heavy atom. The number of rotatable bonds is 6. The maximum absolute atomic E-state index is 9.51. The van der Waals surface area contributed by atoms with E-state index in [0.29, 0.717) is 5.92 Å². The van der Waals surface area contributed by atoms with Crippen LogP contribution >= 0.6 is 0 Å². The zero-order valence-corrected chi connectivity index (χ0v) is 9.01. The maximum Gasteiger partial charge on any atom is 0.0563 e. The third-order valence-electron chi connectivity index (χ3n) is 2.66. The van der Waals surface area contributed by atoms with Gasteiger partial charge in [-0.15, -0.1) is 0 Å². The fraction of sp³-hybridized carbons (Fsp3) is 1.00. The first kappa shape index (κ1) is 12.0. The van der Waals surface area contributed by atoms with Gasteiger partial charge in [-0.1, -0.05) is 47.0 Å². The minimum absolute atomic E-state index is 0.0888. The van der Waals surface area contributed by atoms with Crippen LogP contribution in [-0.2, 0) is 0 Å². The zero-order valence-electron chi connectivity index (χ0n) is 9.01. The van der Waals surface area contributed by atoms with E-state index in [1.165, 1.54) is 19.3 Å². The molecule has 0 aromatic carbocycles. The lowest BCUT2D eigenvalue weighted by atomic mass is 9.96. The summed E-state index contributed by atoms with van der Waals surface area (Å²) in [4.78, 5) is 0. The molecule has 0 aromatic heterocycles. The smallest absolute Gasteiger partial charge is 0.0563 e. The Balaban J connectivity index is 3.30. The summed E-state index contributed by atoms with van der Waals surface area (Å²) in [6, 6.07) is 0. The Kier molecular flexibility index (Phi) is 6.45. The molecule has 0 radical (unpaired) electrons. The molecule has 2 atom stereocenters. The van der Waals surface area contributed by atoms with Crippen LogP contribution in [0.4, 0.5) is 0 Å². The molecule has 74 valence electrons. The topological polar surface area (TPSA) is 20.2 Å². The summed E-state index contributed by atoms with van der Waals surface area (Å²) < 4.78 is 0. The van der Waals surface area contributed by atoms with Crippen molar-refractivity contribution in [3.63, 3.8) is 0 Å². The Morgan fingerprint density at radius 3 is 2.08 bits per heavy atom. The summed E-state index contributed by atoms with van der Waals surface area (Å²) in [7, 11) is 0. The van der Waals surface area contributed by atoms with E-state index in [2.05, 4.69) is 27.7 Å². The molecule has 1 heteroatoms. The average Bonchev–Trinajstić information content (AvgIpc) is 2.03. The van der Waals surface area contributed by atoms with Crippen LogP contribution in [0.2, 0.25) is 0 Å². The van der Waals surface area contributed by atoms with E-state index < -0.39 is 0 Å². The first-order valence-corrected chi connectivity index (χ1v) is 5.26. The third-order valence-corrected chi connectivity index (χ3v) is 2.66. The summed E-state index contributed by atoms with van der Waals surface area (Å²) in [5.74, 6) is 1.24. The standard InChI is InChI=1S/C11H24O/c1-5-10(4)7-6-8-11(12)9(2)3/h9-12H,5-8H2,1-4H3. The number of aliphatic hydroxyl groups is 1. The molecule has 12 heavy (non-hydrogen) atoms. The molecule has 0 heterocycles. The van der Waals surface area contributed by atoms with Crippen LogP contribution in [0.15, 0.2) is 0 Å². The van der Waals surface area contributed by atoms with Crippen LogP contribution in [0.5, 0.6) is 0 Å². The molecular weight excluding hydrogens is 148 g/mol. The van der Waals surface area contributed by atoms with E-state index in [4.69, 9.17) is 0 Å². The van der Waals surface area contributed by atoms with Crippen molar-refractivity contribution in [3.8, 4) is 0 Å². The first-order chi connectivity index (χ1) is 5.57. The second-order valence-corrected chi connectivity index (χ2v) is 4.26. The lowest BCUT2D eigenvalue weighted by Gasteiger charge is -2.15. The molecule has 2 unspecified atom stereocenters. The molecule has 0 aliphatic heterocycles. The molecule has 0 aliphatic carbocycles. The number of hydrogen-bond donors (Lipinski definition) is 1. The van der Waals surface area contributed by atoms with E-state index in [1.54, 1.807) is 0 Å². The molecule has 0 saturated carbocycles. The van der Waals surface area contributed by atoms with E-state index in [0.717, 1.165) is 12.3 Å². The van der Waals surface area contributed by atoms with Crippen molar-refractivity contribution >= 4 is 0 Å². The molecule has 1 nitrogen and oxygen atoms in total. The Morgan fingerprint density at radius 1 is 1.08 bits per heavy atom. The van der Waals surface area contributed by atoms with E-state index in [9.17, 15) is 5.11 Å². The fourth-order valence-corrected chi connectivity index (χ4v) is 1.21. The normalized spacial score (nSPS) is 16.5.